The summed E-state index contributed by atoms with van der Waals surface area (Å²) >= 11 is 0. The van der Waals surface area contributed by atoms with Gasteiger partial charge >= 0.3 is 0 Å². The Morgan fingerprint density at radius 1 is 0.867 bits per heavy atom. The Morgan fingerprint density at radius 3 is 1.53 bits per heavy atom. The van der Waals surface area contributed by atoms with Crippen molar-refractivity contribution in [2.45, 2.75) is 79.8 Å². The molecular weight excluding hydrogens is 184 g/mol. The van der Waals surface area contributed by atoms with Gasteiger partial charge in [0.1, 0.15) is 0 Å². The van der Waals surface area contributed by atoms with Crippen LogP contribution in [0.3, 0.4) is 0 Å². The zero-order valence-corrected chi connectivity index (χ0v) is 11.6. The monoisotopic (exact) mass is 214 g/mol. The minimum Gasteiger partial charge on any atom is -0.393 e. The van der Waals surface area contributed by atoms with Crippen LogP contribution in [0, 0.1) is 10.8 Å². The van der Waals surface area contributed by atoms with Gasteiger partial charge in [-0.2, -0.15) is 0 Å². The molecule has 0 aromatic carbocycles. The highest BCUT2D eigenvalue weighted by Crippen LogP contribution is 2.40. The Kier molecular flexibility index (Phi) is 5.87. The molecule has 0 saturated heterocycles. The van der Waals surface area contributed by atoms with E-state index in [1.165, 1.54) is 19.3 Å². The maximum atomic E-state index is 10.3. The summed E-state index contributed by atoms with van der Waals surface area (Å²) in [5, 5.41) is 10.3. The largest absolute Gasteiger partial charge is 0.393 e. The number of rotatable bonds is 7. The van der Waals surface area contributed by atoms with E-state index in [9.17, 15) is 5.11 Å². The van der Waals surface area contributed by atoms with Gasteiger partial charge in [0.15, 0.2) is 0 Å². The number of aliphatic hydroxyl groups excluding tert-OH is 1. The molecule has 92 valence electrons. The topological polar surface area (TPSA) is 20.2 Å². The Balaban J connectivity index is 4.54. The Morgan fingerprint density at radius 2 is 1.27 bits per heavy atom. The summed E-state index contributed by atoms with van der Waals surface area (Å²) in [4.78, 5) is 0. The third-order valence-corrected chi connectivity index (χ3v) is 4.69. The minimum absolute atomic E-state index is 0.0603. The molecule has 1 N–H and O–H groups in total. The highest BCUT2D eigenvalue weighted by Gasteiger charge is 2.33. The van der Waals surface area contributed by atoms with Crippen LogP contribution in [0.4, 0.5) is 0 Å². The molecule has 15 heavy (non-hydrogen) atoms. The molecule has 1 heteroatoms. The van der Waals surface area contributed by atoms with Crippen molar-refractivity contribution in [3.63, 3.8) is 0 Å². The maximum Gasteiger partial charge on any atom is 0.0596 e. The number of hydrogen-bond acceptors (Lipinski definition) is 1. The van der Waals surface area contributed by atoms with E-state index in [-0.39, 0.29) is 11.5 Å². The zero-order valence-electron chi connectivity index (χ0n) is 11.6. The molecule has 0 radical (unpaired) electrons. The second-order valence-corrected chi connectivity index (χ2v) is 5.62. The van der Waals surface area contributed by atoms with E-state index < -0.39 is 0 Å². The smallest absolute Gasteiger partial charge is 0.0596 e. The van der Waals surface area contributed by atoms with Gasteiger partial charge in [-0.3, -0.25) is 0 Å². The average Bonchev–Trinajstić information content (AvgIpc) is 2.25. The van der Waals surface area contributed by atoms with Crippen LogP contribution in [-0.4, -0.2) is 11.2 Å². The molecule has 0 rings (SSSR count). The quantitative estimate of drug-likeness (QED) is 0.666. The van der Waals surface area contributed by atoms with Gasteiger partial charge in [0, 0.05) is 0 Å². The lowest BCUT2D eigenvalue weighted by Crippen LogP contribution is -2.35. The van der Waals surface area contributed by atoms with E-state index in [0.717, 1.165) is 12.8 Å². The molecule has 0 aliphatic carbocycles. The van der Waals surface area contributed by atoms with Crippen molar-refractivity contribution >= 4 is 0 Å². The summed E-state index contributed by atoms with van der Waals surface area (Å²) in [6, 6.07) is 0. The third kappa shape index (κ3) is 3.79. The van der Waals surface area contributed by atoms with Crippen LogP contribution in [0.2, 0.25) is 0 Å². The Hall–Kier alpha value is -0.0400. The molecule has 0 aromatic heterocycles. The molecule has 0 amide bonds. The first-order valence-electron chi connectivity index (χ1n) is 6.55. The lowest BCUT2D eigenvalue weighted by Gasteiger charge is -2.38. The van der Waals surface area contributed by atoms with Gasteiger partial charge in [0.25, 0.3) is 0 Å². The van der Waals surface area contributed by atoms with Crippen LogP contribution in [0.5, 0.6) is 0 Å². The van der Waals surface area contributed by atoms with Gasteiger partial charge in [0.2, 0.25) is 0 Å². The van der Waals surface area contributed by atoms with Crippen molar-refractivity contribution in [3.8, 4) is 0 Å². The molecule has 1 nitrogen and oxygen atoms in total. The lowest BCUT2D eigenvalue weighted by atomic mass is 9.70. The number of hydrogen-bond donors (Lipinski definition) is 1. The SMILES string of the molecule is CCC(CC)(CC)CC(O)C(C)(C)CC. The first kappa shape index (κ1) is 15.0. The summed E-state index contributed by atoms with van der Waals surface area (Å²) in [7, 11) is 0. The van der Waals surface area contributed by atoms with Gasteiger partial charge in [-0.05, 0) is 23.7 Å². The normalized spacial score (nSPS) is 15.4. The van der Waals surface area contributed by atoms with Crippen molar-refractivity contribution in [3.05, 3.63) is 0 Å². The third-order valence-electron chi connectivity index (χ3n) is 4.69. The van der Waals surface area contributed by atoms with Crippen LogP contribution in [0.25, 0.3) is 0 Å². The maximum absolute atomic E-state index is 10.3. The van der Waals surface area contributed by atoms with Crippen LogP contribution < -0.4 is 0 Å². The zero-order chi connectivity index (χ0) is 12.1. The molecule has 0 bridgehead atoms. The number of aliphatic hydroxyl groups is 1. The summed E-state index contributed by atoms with van der Waals surface area (Å²) in [6.07, 6.45) is 5.37. The van der Waals surface area contributed by atoms with E-state index in [2.05, 4.69) is 41.5 Å². The molecule has 0 aromatic rings. The van der Waals surface area contributed by atoms with Gasteiger partial charge in [-0.1, -0.05) is 60.8 Å². The van der Waals surface area contributed by atoms with Crippen molar-refractivity contribution in [1.29, 1.82) is 0 Å². The average molecular weight is 214 g/mol. The molecule has 1 unspecified atom stereocenters. The van der Waals surface area contributed by atoms with E-state index in [0.29, 0.717) is 5.41 Å². The summed E-state index contributed by atoms with van der Waals surface area (Å²) in [6.45, 7) is 13.2. The van der Waals surface area contributed by atoms with E-state index in [1.54, 1.807) is 0 Å². The van der Waals surface area contributed by atoms with E-state index in [4.69, 9.17) is 0 Å². The fraction of sp³-hybridized carbons (Fsp3) is 1.00. The van der Waals surface area contributed by atoms with E-state index >= 15 is 0 Å². The molecule has 0 aliphatic rings. The Bertz CT molecular complexity index is 160. The molecule has 0 aliphatic heterocycles. The highest BCUT2D eigenvalue weighted by atomic mass is 16.3. The molecule has 0 heterocycles. The van der Waals surface area contributed by atoms with Crippen molar-refractivity contribution in [2.75, 3.05) is 0 Å². The molecule has 0 spiro atoms. The van der Waals surface area contributed by atoms with Crippen LogP contribution in [-0.2, 0) is 0 Å². The van der Waals surface area contributed by atoms with Gasteiger partial charge in [-0.25, -0.2) is 0 Å². The fourth-order valence-electron chi connectivity index (χ4n) is 2.11. The van der Waals surface area contributed by atoms with Gasteiger partial charge in [0.05, 0.1) is 6.10 Å². The predicted octanol–water partition coefficient (Wildman–Crippen LogP) is 4.39. The van der Waals surface area contributed by atoms with Gasteiger partial charge < -0.3 is 5.11 Å². The molecular formula is C14H30O. The van der Waals surface area contributed by atoms with E-state index in [1.807, 2.05) is 0 Å². The molecule has 0 fully saturated rings. The van der Waals surface area contributed by atoms with Crippen LogP contribution in [0.15, 0.2) is 0 Å². The van der Waals surface area contributed by atoms with Crippen LogP contribution >= 0.6 is 0 Å². The Labute approximate surface area is 96.3 Å². The predicted molar refractivity (Wildman–Crippen MR) is 68.0 cm³/mol. The summed E-state index contributed by atoms with van der Waals surface area (Å²) < 4.78 is 0. The van der Waals surface area contributed by atoms with Crippen molar-refractivity contribution in [1.82, 2.24) is 0 Å². The standard InChI is InChI=1S/C14H30O/c1-7-13(5,6)12(15)11-14(8-2,9-3)10-4/h12,15H,7-11H2,1-6H3. The summed E-state index contributed by atoms with van der Waals surface area (Å²) in [5.41, 5.74) is 0.413. The first-order chi connectivity index (χ1) is 6.87. The fourth-order valence-corrected chi connectivity index (χ4v) is 2.11. The second kappa shape index (κ2) is 5.89. The molecule has 0 saturated carbocycles. The van der Waals surface area contributed by atoms with Crippen molar-refractivity contribution in [2.24, 2.45) is 10.8 Å². The molecule has 1 atom stereocenters. The van der Waals surface area contributed by atoms with Crippen LogP contribution in [0.1, 0.15) is 73.6 Å². The van der Waals surface area contributed by atoms with Gasteiger partial charge in [-0.15, -0.1) is 0 Å². The lowest BCUT2D eigenvalue weighted by molar-refractivity contribution is -0.000603. The second-order valence-electron chi connectivity index (χ2n) is 5.62. The minimum atomic E-state index is -0.164. The highest BCUT2D eigenvalue weighted by molar-refractivity contribution is 4.85. The summed E-state index contributed by atoms with van der Waals surface area (Å²) in [5.74, 6) is 0. The van der Waals surface area contributed by atoms with Crippen molar-refractivity contribution < 1.29 is 5.11 Å². The first-order valence-corrected chi connectivity index (χ1v) is 6.55.